The van der Waals surface area contributed by atoms with Crippen LogP contribution in [0.1, 0.15) is 11.1 Å². The van der Waals surface area contributed by atoms with Gasteiger partial charge < -0.3 is 14.4 Å². The normalized spacial score (nSPS) is 18.5. The lowest BCUT2D eigenvalue weighted by Crippen LogP contribution is -2.51. The number of benzene rings is 2. The first-order chi connectivity index (χ1) is 15.5. The van der Waals surface area contributed by atoms with Gasteiger partial charge in [-0.1, -0.05) is 24.3 Å². The van der Waals surface area contributed by atoms with Crippen LogP contribution >= 0.6 is 11.8 Å². The largest absolute Gasteiger partial charge is 0.493 e. The second-order valence-electron chi connectivity index (χ2n) is 7.76. The average Bonchev–Trinajstić information content (AvgIpc) is 3.07. The molecule has 2 aliphatic heterocycles. The lowest BCUT2D eigenvalue weighted by Gasteiger charge is -2.37. The SMILES string of the molecule is COc1ccc(/C=C2/SC(=O)N(CN3CCN(c4ccccc4C)CC3)C2=O)cc1OC. The minimum Gasteiger partial charge on any atom is -0.493 e. The molecule has 2 aliphatic rings. The molecule has 0 N–H and O–H groups in total. The van der Waals surface area contributed by atoms with Gasteiger partial charge in [-0.15, -0.1) is 0 Å². The van der Waals surface area contributed by atoms with Crippen LogP contribution in [0, 0.1) is 6.92 Å². The number of anilines is 1. The van der Waals surface area contributed by atoms with Crippen LogP contribution in [-0.4, -0.2) is 68.0 Å². The third-order valence-corrected chi connectivity index (χ3v) is 6.66. The zero-order chi connectivity index (χ0) is 22.7. The Bertz CT molecular complexity index is 1050. The van der Waals surface area contributed by atoms with E-state index in [1.165, 1.54) is 16.2 Å². The Morgan fingerprint density at radius 3 is 2.38 bits per heavy atom. The third kappa shape index (κ3) is 4.61. The van der Waals surface area contributed by atoms with E-state index in [-0.39, 0.29) is 11.1 Å². The van der Waals surface area contributed by atoms with Crippen molar-refractivity contribution in [2.75, 3.05) is 52.0 Å². The number of hydrogen-bond acceptors (Lipinski definition) is 7. The number of rotatable bonds is 6. The van der Waals surface area contributed by atoms with Crippen LogP contribution in [0.2, 0.25) is 0 Å². The highest BCUT2D eigenvalue weighted by atomic mass is 32.2. The van der Waals surface area contributed by atoms with Crippen molar-refractivity contribution in [3.05, 3.63) is 58.5 Å². The first-order valence-corrected chi connectivity index (χ1v) is 11.3. The molecule has 0 aliphatic carbocycles. The number of methoxy groups -OCH3 is 2. The van der Waals surface area contributed by atoms with Gasteiger partial charge >= 0.3 is 0 Å². The van der Waals surface area contributed by atoms with Gasteiger partial charge in [-0.3, -0.25) is 19.4 Å². The van der Waals surface area contributed by atoms with Gasteiger partial charge in [0, 0.05) is 31.9 Å². The molecular formula is C24H27N3O4S. The van der Waals surface area contributed by atoms with E-state index in [0.29, 0.717) is 23.1 Å². The number of aryl methyl sites for hydroxylation is 1. The van der Waals surface area contributed by atoms with Crippen molar-refractivity contribution in [2.45, 2.75) is 6.92 Å². The molecule has 0 atom stereocenters. The number of nitrogens with zero attached hydrogens (tertiary/aromatic N) is 3. The number of amides is 2. The summed E-state index contributed by atoms with van der Waals surface area (Å²) in [5.74, 6) is 0.936. The van der Waals surface area contributed by atoms with E-state index in [4.69, 9.17) is 9.47 Å². The fourth-order valence-electron chi connectivity index (χ4n) is 3.96. The third-order valence-electron chi connectivity index (χ3n) is 5.75. The average molecular weight is 454 g/mol. The number of imide groups is 1. The van der Waals surface area contributed by atoms with Gasteiger partial charge in [0.15, 0.2) is 11.5 Å². The van der Waals surface area contributed by atoms with E-state index in [1.54, 1.807) is 32.4 Å². The van der Waals surface area contributed by atoms with Crippen molar-refractivity contribution in [1.29, 1.82) is 0 Å². The second-order valence-corrected chi connectivity index (χ2v) is 8.75. The molecule has 8 heteroatoms. The predicted molar refractivity (Wildman–Crippen MR) is 127 cm³/mol. The molecule has 0 spiro atoms. The number of hydrogen-bond donors (Lipinski definition) is 0. The molecule has 2 aromatic carbocycles. The van der Waals surface area contributed by atoms with Crippen molar-refractivity contribution in [3.63, 3.8) is 0 Å². The number of ether oxygens (including phenoxy) is 2. The maximum absolute atomic E-state index is 12.9. The summed E-state index contributed by atoms with van der Waals surface area (Å²) in [5, 5.41) is -0.233. The van der Waals surface area contributed by atoms with Gasteiger partial charge in [-0.05, 0) is 54.1 Å². The van der Waals surface area contributed by atoms with Gasteiger partial charge in [0.05, 0.1) is 25.8 Å². The van der Waals surface area contributed by atoms with Crippen LogP contribution in [0.15, 0.2) is 47.4 Å². The fourth-order valence-corrected chi connectivity index (χ4v) is 4.80. The number of carbonyl (C=O) groups excluding carboxylic acids is 2. The smallest absolute Gasteiger partial charge is 0.294 e. The van der Waals surface area contributed by atoms with Gasteiger partial charge in [0.25, 0.3) is 11.1 Å². The van der Waals surface area contributed by atoms with E-state index < -0.39 is 0 Å². The summed E-state index contributed by atoms with van der Waals surface area (Å²) in [7, 11) is 3.14. The zero-order valence-electron chi connectivity index (χ0n) is 18.5. The quantitative estimate of drug-likeness (QED) is 0.616. The zero-order valence-corrected chi connectivity index (χ0v) is 19.4. The number of piperazine rings is 1. The summed E-state index contributed by atoms with van der Waals surface area (Å²) in [6.45, 7) is 5.75. The van der Waals surface area contributed by atoms with Crippen molar-refractivity contribution in [1.82, 2.24) is 9.80 Å². The van der Waals surface area contributed by atoms with Gasteiger partial charge in [-0.25, -0.2) is 0 Å². The highest BCUT2D eigenvalue weighted by Gasteiger charge is 2.36. The monoisotopic (exact) mass is 453 g/mol. The van der Waals surface area contributed by atoms with E-state index in [9.17, 15) is 9.59 Å². The van der Waals surface area contributed by atoms with Crippen LogP contribution in [-0.2, 0) is 4.79 Å². The first-order valence-electron chi connectivity index (χ1n) is 10.5. The second kappa shape index (κ2) is 9.67. The van der Waals surface area contributed by atoms with E-state index in [0.717, 1.165) is 43.5 Å². The summed E-state index contributed by atoms with van der Waals surface area (Å²) in [4.78, 5) is 31.7. The number of para-hydroxylation sites is 1. The molecule has 32 heavy (non-hydrogen) atoms. The molecule has 168 valence electrons. The molecule has 0 aromatic heterocycles. The summed E-state index contributed by atoms with van der Waals surface area (Å²) in [5.41, 5.74) is 3.28. The first kappa shape index (κ1) is 22.2. The Balaban J connectivity index is 1.40. The van der Waals surface area contributed by atoms with Crippen LogP contribution < -0.4 is 14.4 Å². The molecule has 0 unspecified atom stereocenters. The fraction of sp³-hybridized carbons (Fsp3) is 0.333. The topological polar surface area (TPSA) is 62.3 Å². The Labute approximate surface area is 192 Å². The van der Waals surface area contributed by atoms with Crippen molar-refractivity contribution >= 4 is 34.7 Å². The van der Waals surface area contributed by atoms with Crippen LogP contribution in [0.25, 0.3) is 6.08 Å². The lowest BCUT2D eigenvalue weighted by molar-refractivity contribution is -0.124. The van der Waals surface area contributed by atoms with Crippen molar-refractivity contribution in [2.24, 2.45) is 0 Å². The Morgan fingerprint density at radius 1 is 0.969 bits per heavy atom. The summed E-state index contributed by atoms with van der Waals surface area (Å²) in [6.07, 6.45) is 1.73. The molecule has 2 aromatic rings. The molecule has 2 amide bonds. The van der Waals surface area contributed by atoms with Gasteiger partial charge in [0.1, 0.15) is 0 Å². The van der Waals surface area contributed by atoms with Crippen molar-refractivity contribution in [3.8, 4) is 11.5 Å². The predicted octanol–water partition coefficient (Wildman–Crippen LogP) is 3.83. The van der Waals surface area contributed by atoms with E-state index in [2.05, 4.69) is 34.9 Å². The lowest BCUT2D eigenvalue weighted by atomic mass is 10.1. The Kier molecular flexibility index (Phi) is 6.72. The van der Waals surface area contributed by atoms with E-state index >= 15 is 0 Å². The Morgan fingerprint density at radius 2 is 1.69 bits per heavy atom. The highest BCUT2D eigenvalue weighted by Crippen LogP contribution is 2.34. The van der Waals surface area contributed by atoms with Crippen LogP contribution in [0.3, 0.4) is 0 Å². The van der Waals surface area contributed by atoms with Crippen LogP contribution in [0.4, 0.5) is 10.5 Å². The van der Waals surface area contributed by atoms with E-state index in [1.807, 2.05) is 12.1 Å². The maximum atomic E-state index is 12.9. The molecule has 2 heterocycles. The maximum Gasteiger partial charge on any atom is 0.294 e. The standard InChI is InChI=1S/C24H27N3O4S/c1-17-6-4-5-7-19(17)26-12-10-25(11-13-26)16-27-23(28)22(32-24(27)29)15-18-8-9-20(30-2)21(14-18)31-3/h4-9,14-15H,10-13,16H2,1-3H3/b22-15+. The number of thioether (sulfide) groups is 1. The minimum absolute atomic E-state index is 0.233. The summed E-state index contributed by atoms with van der Waals surface area (Å²) in [6, 6.07) is 13.8. The molecule has 0 radical (unpaired) electrons. The highest BCUT2D eigenvalue weighted by molar-refractivity contribution is 8.18. The molecular weight excluding hydrogens is 426 g/mol. The van der Waals surface area contributed by atoms with Crippen LogP contribution in [0.5, 0.6) is 11.5 Å². The molecule has 4 rings (SSSR count). The summed E-state index contributed by atoms with van der Waals surface area (Å²) < 4.78 is 10.6. The van der Waals surface area contributed by atoms with Gasteiger partial charge in [-0.2, -0.15) is 0 Å². The molecule has 0 saturated carbocycles. The minimum atomic E-state index is -0.254. The molecule has 0 bridgehead atoms. The van der Waals surface area contributed by atoms with Crippen molar-refractivity contribution < 1.29 is 19.1 Å². The Hall–Kier alpha value is -2.97. The molecule has 2 saturated heterocycles. The molecule has 2 fully saturated rings. The van der Waals surface area contributed by atoms with Gasteiger partial charge in [0.2, 0.25) is 0 Å². The number of carbonyl (C=O) groups is 2. The summed E-state index contributed by atoms with van der Waals surface area (Å²) >= 11 is 0.977. The molecule has 7 nitrogen and oxygen atoms in total.